The number of aryl methyl sites for hydroxylation is 1. The van der Waals surface area contributed by atoms with E-state index in [0.29, 0.717) is 25.3 Å². The van der Waals surface area contributed by atoms with Crippen molar-refractivity contribution in [3.05, 3.63) is 88.5 Å². The summed E-state index contributed by atoms with van der Waals surface area (Å²) in [5.74, 6) is -1.52. The molecule has 188 valence electrons. The minimum absolute atomic E-state index is 0.0564. The van der Waals surface area contributed by atoms with Gasteiger partial charge < -0.3 is 14.7 Å². The monoisotopic (exact) mass is 507 g/mol. The number of hydrogen-bond donors (Lipinski definition) is 1. The van der Waals surface area contributed by atoms with Gasteiger partial charge in [-0.25, -0.2) is 4.57 Å². The Morgan fingerprint density at radius 1 is 1.17 bits per heavy atom. The zero-order valence-corrected chi connectivity index (χ0v) is 21.6. The van der Waals surface area contributed by atoms with Crippen LogP contribution in [0.5, 0.6) is 5.75 Å². The Bertz CT molecular complexity index is 1290. The third-order valence-corrected chi connectivity index (χ3v) is 6.75. The zero-order valence-electron chi connectivity index (χ0n) is 20.9. The molecule has 1 fully saturated rings. The van der Waals surface area contributed by atoms with Crippen LogP contribution in [0.4, 0.5) is 0 Å². The average Bonchev–Trinajstić information content (AvgIpc) is 3.45. The van der Waals surface area contributed by atoms with E-state index < -0.39 is 23.5 Å². The van der Waals surface area contributed by atoms with Gasteiger partial charge in [-0.15, -0.1) is 0 Å². The second-order valence-corrected chi connectivity index (χ2v) is 10.3. The summed E-state index contributed by atoms with van der Waals surface area (Å²) in [7, 11) is 1.48. The number of carbonyl (C=O) groups is 2. The van der Waals surface area contributed by atoms with Crippen LogP contribution in [0.25, 0.3) is 5.76 Å². The van der Waals surface area contributed by atoms with E-state index in [-0.39, 0.29) is 21.6 Å². The molecular weight excluding hydrogens is 478 g/mol. The van der Waals surface area contributed by atoms with Crippen molar-refractivity contribution < 1.29 is 24.0 Å². The Morgan fingerprint density at radius 3 is 2.47 bits per heavy atom. The average molecular weight is 508 g/mol. The molecule has 2 aromatic carbocycles. The van der Waals surface area contributed by atoms with E-state index in [0.717, 1.165) is 11.1 Å². The number of nitrogens with one attached hydrogen (secondary N) is 1. The molecule has 1 aliphatic rings. The fourth-order valence-electron chi connectivity index (χ4n) is 4.46. The van der Waals surface area contributed by atoms with E-state index in [1.807, 2.05) is 47.6 Å². The Labute approximate surface area is 216 Å². The number of aromatic amines is 1. The first-order chi connectivity index (χ1) is 17.1. The van der Waals surface area contributed by atoms with Gasteiger partial charge in [0.2, 0.25) is 12.1 Å². The predicted molar refractivity (Wildman–Crippen MR) is 135 cm³/mol. The number of rotatable bonds is 7. The van der Waals surface area contributed by atoms with Crippen LogP contribution in [-0.4, -0.2) is 35.2 Å². The molecule has 0 spiro atoms. The predicted octanol–water partition coefficient (Wildman–Crippen LogP) is 3.58. The first kappa shape index (κ1) is 25.5. The third kappa shape index (κ3) is 5.02. The van der Waals surface area contributed by atoms with Crippen LogP contribution in [0.15, 0.2) is 66.8 Å². The lowest BCUT2D eigenvalue weighted by Gasteiger charge is -2.28. The number of likely N-dealkylation sites (tertiary alicyclic amines) is 1. The molecule has 2 heterocycles. The number of H-pyrrole nitrogens is 1. The largest absolute Gasteiger partial charge is 0.872 e. The highest BCUT2D eigenvalue weighted by atomic mass is 35.5. The molecular formula is C28H30ClN3O4. The van der Waals surface area contributed by atoms with Crippen molar-refractivity contribution in [1.82, 2.24) is 9.88 Å². The molecule has 36 heavy (non-hydrogen) atoms. The van der Waals surface area contributed by atoms with Crippen LogP contribution in [0.3, 0.4) is 0 Å². The lowest BCUT2D eigenvalue weighted by Crippen LogP contribution is -2.36. The number of imidazole rings is 1. The lowest BCUT2D eigenvalue weighted by molar-refractivity contribution is -0.695. The van der Waals surface area contributed by atoms with Crippen molar-refractivity contribution in [2.45, 2.75) is 45.2 Å². The third-order valence-electron chi connectivity index (χ3n) is 6.45. The standard InChI is InChI=1S/C28H30ClN3O4/c1-28(2,3)20-9-6-18(7-10-20)24-23(25(33)19-8-11-22(36-4)21(29)16-19)26(34)27(35)32(24)14-5-13-31-15-12-30-17-31/h6-12,15-17,24H,5,13-14H2,1-4H3,(H,33,34). The maximum atomic E-state index is 13.6. The molecule has 0 bridgehead atoms. The number of halogens is 1. The van der Waals surface area contributed by atoms with Crippen molar-refractivity contribution in [2.24, 2.45) is 0 Å². The summed E-state index contributed by atoms with van der Waals surface area (Å²) in [4.78, 5) is 30.9. The smallest absolute Gasteiger partial charge is 0.295 e. The van der Waals surface area contributed by atoms with E-state index in [9.17, 15) is 14.7 Å². The van der Waals surface area contributed by atoms with Crippen molar-refractivity contribution in [1.29, 1.82) is 0 Å². The zero-order chi connectivity index (χ0) is 26.0. The molecule has 1 aliphatic heterocycles. The van der Waals surface area contributed by atoms with Crippen LogP contribution in [0, 0.1) is 0 Å². The maximum absolute atomic E-state index is 13.6. The number of nitrogens with zero attached hydrogens (tertiary/aromatic N) is 2. The number of ether oxygens (including phenoxy) is 1. The number of carbonyl (C=O) groups excluding carboxylic acids is 2. The number of aromatic nitrogens is 2. The molecule has 4 rings (SSSR count). The van der Waals surface area contributed by atoms with Gasteiger partial charge >= 0.3 is 0 Å². The first-order valence-electron chi connectivity index (χ1n) is 11.8. The summed E-state index contributed by atoms with van der Waals surface area (Å²) in [6.45, 7) is 7.33. The molecule has 1 atom stereocenters. The minimum atomic E-state index is -0.774. The van der Waals surface area contributed by atoms with Gasteiger partial charge in [-0.3, -0.25) is 14.6 Å². The molecule has 1 N–H and O–H groups in total. The second-order valence-electron chi connectivity index (χ2n) is 9.90. The molecule has 0 saturated carbocycles. The van der Waals surface area contributed by atoms with Crippen LogP contribution in [0.1, 0.15) is 49.9 Å². The maximum Gasteiger partial charge on any atom is 0.295 e. The number of hydrogen-bond acceptors (Lipinski definition) is 4. The summed E-state index contributed by atoms with van der Waals surface area (Å²) < 4.78 is 7.14. The van der Waals surface area contributed by atoms with Gasteiger partial charge in [-0.05, 0) is 34.2 Å². The van der Waals surface area contributed by atoms with E-state index in [4.69, 9.17) is 16.3 Å². The highest BCUT2D eigenvalue weighted by Crippen LogP contribution is 2.40. The molecule has 3 aromatic rings. The fourth-order valence-corrected chi connectivity index (χ4v) is 4.72. The Kier molecular flexibility index (Phi) is 7.22. The van der Waals surface area contributed by atoms with Gasteiger partial charge in [0.15, 0.2) is 0 Å². The van der Waals surface area contributed by atoms with Crippen molar-refractivity contribution in [3.63, 3.8) is 0 Å². The van der Waals surface area contributed by atoms with Crippen molar-refractivity contribution >= 4 is 29.1 Å². The summed E-state index contributed by atoms with van der Waals surface area (Å²) in [5, 5.41) is 13.9. The molecule has 8 heteroatoms. The number of amides is 1. The van der Waals surface area contributed by atoms with E-state index >= 15 is 0 Å². The molecule has 1 aromatic heterocycles. The first-order valence-corrected chi connectivity index (χ1v) is 12.2. The van der Waals surface area contributed by atoms with E-state index in [1.54, 1.807) is 12.1 Å². The SMILES string of the molecule is COc1ccc(C([O-])=C2C(=O)C(=O)N(CCC[n+]3cc[nH]c3)C2c2ccc(C(C)(C)C)cc2)cc1Cl. The minimum Gasteiger partial charge on any atom is -0.872 e. The molecule has 0 radical (unpaired) electrons. The van der Waals surface area contributed by atoms with Crippen molar-refractivity contribution in [2.75, 3.05) is 13.7 Å². The van der Waals surface area contributed by atoms with Gasteiger partial charge in [0.1, 0.15) is 18.1 Å². The lowest BCUT2D eigenvalue weighted by atomic mass is 9.85. The number of ketones is 1. The Balaban J connectivity index is 1.76. The van der Waals surface area contributed by atoms with E-state index in [2.05, 4.69) is 25.8 Å². The molecule has 7 nitrogen and oxygen atoms in total. The quantitative estimate of drug-likeness (QED) is 0.229. The van der Waals surface area contributed by atoms with Gasteiger partial charge in [-0.1, -0.05) is 68.5 Å². The fraction of sp³-hybridized carbons (Fsp3) is 0.321. The normalized spacial score (nSPS) is 17.6. The second kappa shape index (κ2) is 10.2. The van der Waals surface area contributed by atoms with Gasteiger partial charge in [0.05, 0.1) is 24.7 Å². The van der Waals surface area contributed by atoms with Crippen LogP contribution in [0.2, 0.25) is 5.02 Å². The Morgan fingerprint density at radius 2 is 1.89 bits per heavy atom. The number of methoxy groups -OCH3 is 1. The number of Topliss-reactive ketones (excluding diaryl/α,β-unsaturated/α-hetero) is 1. The highest BCUT2D eigenvalue weighted by Gasteiger charge is 2.44. The molecule has 0 aliphatic carbocycles. The summed E-state index contributed by atoms with van der Waals surface area (Å²) >= 11 is 6.25. The number of benzene rings is 2. The topological polar surface area (TPSA) is 89.3 Å². The molecule has 1 unspecified atom stereocenters. The van der Waals surface area contributed by atoms with Gasteiger partial charge in [0, 0.05) is 18.5 Å². The van der Waals surface area contributed by atoms with Gasteiger partial charge in [0.25, 0.3) is 5.91 Å². The molecule has 1 amide bonds. The molecule has 1 saturated heterocycles. The van der Waals surface area contributed by atoms with E-state index in [1.165, 1.54) is 18.1 Å². The summed E-state index contributed by atoms with van der Waals surface area (Å²) in [5.41, 5.74) is 1.96. The van der Waals surface area contributed by atoms with Crippen molar-refractivity contribution in [3.8, 4) is 5.75 Å². The summed E-state index contributed by atoms with van der Waals surface area (Å²) in [6, 6.07) is 11.6. The van der Waals surface area contributed by atoms with Crippen LogP contribution in [-0.2, 0) is 21.5 Å². The van der Waals surface area contributed by atoms with Gasteiger partial charge in [-0.2, -0.15) is 0 Å². The summed E-state index contributed by atoms with van der Waals surface area (Å²) in [6.07, 6.45) is 6.16. The Hall–Kier alpha value is -3.58. The van der Waals surface area contributed by atoms with Crippen LogP contribution < -0.4 is 14.4 Å². The van der Waals surface area contributed by atoms with Crippen LogP contribution >= 0.6 is 11.6 Å². The highest BCUT2D eigenvalue weighted by molar-refractivity contribution is 6.46.